The van der Waals surface area contributed by atoms with Crippen LogP contribution in [0.4, 0.5) is 11.5 Å². The van der Waals surface area contributed by atoms with Gasteiger partial charge in [0, 0.05) is 12.3 Å². The molecule has 2 rings (SSSR count). The molecule has 2 aromatic rings. The lowest BCUT2D eigenvalue weighted by molar-refractivity contribution is -0.115. The van der Waals surface area contributed by atoms with Crippen LogP contribution in [0.25, 0.3) is 0 Å². The van der Waals surface area contributed by atoms with Gasteiger partial charge in [-0.25, -0.2) is 14.8 Å². The number of hydrogen-bond acceptors (Lipinski definition) is 9. The van der Waals surface area contributed by atoms with Gasteiger partial charge in [0.15, 0.2) is 5.16 Å². The topological polar surface area (TPSA) is 126 Å². The van der Waals surface area contributed by atoms with E-state index in [1.54, 1.807) is 32.0 Å². The summed E-state index contributed by atoms with van der Waals surface area (Å²) >= 11 is 1.10. The van der Waals surface area contributed by atoms with Gasteiger partial charge in [-0.05, 0) is 26.0 Å². The number of ether oxygens (including phenoxy) is 3. The molecule has 28 heavy (non-hydrogen) atoms. The van der Waals surface area contributed by atoms with E-state index in [-0.39, 0.29) is 29.1 Å². The number of nitrogens with one attached hydrogen (secondary N) is 1. The molecule has 1 amide bonds. The fraction of sp³-hybridized carbons (Fsp3) is 0.333. The van der Waals surface area contributed by atoms with Gasteiger partial charge in [0.1, 0.15) is 22.9 Å². The maximum atomic E-state index is 12.5. The third kappa shape index (κ3) is 5.26. The van der Waals surface area contributed by atoms with Crippen LogP contribution in [0, 0.1) is 0 Å². The Morgan fingerprint density at radius 1 is 1.29 bits per heavy atom. The first-order valence-electron chi connectivity index (χ1n) is 8.38. The van der Waals surface area contributed by atoms with Gasteiger partial charge in [-0.2, -0.15) is 0 Å². The molecule has 1 aromatic heterocycles. The van der Waals surface area contributed by atoms with E-state index in [4.69, 9.17) is 19.9 Å². The number of anilines is 2. The zero-order valence-corrected chi connectivity index (χ0v) is 16.8. The van der Waals surface area contributed by atoms with E-state index in [0.717, 1.165) is 11.8 Å². The molecule has 0 aliphatic heterocycles. The number of nitrogen functional groups attached to an aromatic ring is 1. The van der Waals surface area contributed by atoms with Crippen LogP contribution in [0.2, 0.25) is 0 Å². The molecule has 0 radical (unpaired) electrons. The van der Waals surface area contributed by atoms with E-state index in [1.165, 1.54) is 20.4 Å². The standard InChI is InChI=1S/C18H22N4O5S/c1-5-27-17(24)12-9-20-18(22-15(12)19)28-10(2)16(23)21-13-8-11(25-3)6-7-14(13)26-4/h6-10H,5H2,1-4H3,(H,21,23)(H2,19,20,22)/t10-/m1/s1. The number of rotatable bonds is 8. The van der Waals surface area contributed by atoms with Gasteiger partial charge in [-0.15, -0.1) is 0 Å². The summed E-state index contributed by atoms with van der Waals surface area (Å²) in [5.74, 6) is 0.214. The molecule has 1 aromatic carbocycles. The van der Waals surface area contributed by atoms with Crippen molar-refractivity contribution in [2.24, 2.45) is 0 Å². The van der Waals surface area contributed by atoms with Crippen LogP contribution in [0.15, 0.2) is 29.6 Å². The minimum Gasteiger partial charge on any atom is -0.497 e. The Morgan fingerprint density at radius 2 is 2.04 bits per heavy atom. The number of methoxy groups -OCH3 is 2. The number of hydrogen-bond donors (Lipinski definition) is 2. The van der Waals surface area contributed by atoms with Crippen LogP contribution in [0.5, 0.6) is 11.5 Å². The Labute approximate surface area is 167 Å². The number of amides is 1. The zero-order valence-electron chi connectivity index (χ0n) is 16.0. The smallest absolute Gasteiger partial charge is 0.343 e. The van der Waals surface area contributed by atoms with Gasteiger partial charge >= 0.3 is 5.97 Å². The summed E-state index contributed by atoms with van der Waals surface area (Å²) in [6.07, 6.45) is 1.29. The molecule has 0 spiro atoms. The van der Waals surface area contributed by atoms with Gasteiger partial charge in [-0.3, -0.25) is 4.79 Å². The van der Waals surface area contributed by atoms with Crippen molar-refractivity contribution in [1.82, 2.24) is 9.97 Å². The van der Waals surface area contributed by atoms with Crippen molar-refractivity contribution in [3.05, 3.63) is 30.0 Å². The normalized spacial score (nSPS) is 11.4. The molecule has 0 bridgehead atoms. The fourth-order valence-corrected chi connectivity index (χ4v) is 2.91. The molecule has 0 saturated heterocycles. The largest absolute Gasteiger partial charge is 0.497 e. The molecule has 0 aliphatic carbocycles. The number of carbonyl (C=O) groups excluding carboxylic acids is 2. The number of carbonyl (C=O) groups is 2. The van der Waals surface area contributed by atoms with Crippen molar-refractivity contribution in [3.8, 4) is 11.5 Å². The third-order valence-corrected chi connectivity index (χ3v) is 4.58. The number of aromatic nitrogens is 2. The minimum atomic E-state index is -0.590. The Bertz CT molecular complexity index is 862. The lowest BCUT2D eigenvalue weighted by Gasteiger charge is -2.15. The molecule has 3 N–H and O–H groups in total. The lowest BCUT2D eigenvalue weighted by atomic mass is 10.2. The second-order valence-corrected chi connectivity index (χ2v) is 6.80. The van der Waals surface area contributed by atoms with Gasteiger partial charge in [0.2, 0.25) is 5.91 Å². The molecule has 0 fully saturated rings. The summed E-state index contributed by atoms with van der Waals surface area (Å²) in [5, 5.41) is 2.52. The van der Waals surface area contributed by atoms with Crippen LogP contribution < -0.4 is 20.5 Å². The van der Waals surface area contributed by atoms with Crippen LogP contribution in [-0.4, -0.2) is 47.9 Å². The molecule has 10 heteroatoms. The highest BCUT2D eigenvalue weighted by molar-refractivity contribution is 8.00. The van der Waals surface area contributed by atoms with Crippen molar-refractivity contribution in [2.75, 3.05) is 31.9 Å². The van der Waals surface area contributed by atoms with Crippen molar-refractivity contribution in [2.45, 2.75) is 24.3 Å². The predicted molar refractivity (Wildman–Crippen MR) is 106 cm³/mol. The quantitative estimate of drug-likeness (QED) is 0.386. The molecule has 0 unspecified atom stereocenters. The summed E-state index contributed by atoms with van der Waals surface area (Å²) in [7, 11) is 3.05. The van der Waals surface area contributed by atoms with Crippen LogP contribution in [0.1, 0.15) is 24.2 Å². The Kier molecular flexibility index (Phi) is 7.44. The number of nitrogens with zero attached hydrogens (tertiary/aromatic N) is 2. The van der Waals surface area contributed by atoms with E-state index in [9.17, 15) is 9.59 Å². The van der Waals surface area contributed by atoms with E-state index in [0.29, 0.717) is 17.2 Å². The molecule has 1 heterocycles. The molecule has 0 aliphatic rings. The van der Waals surface area contributed by atoms with Gasteiger partial charge in [0.25, 0.3) is 0 Å². The number of esters is 1. The first kappa shape index (κ1) is 21.3. The summed E-state index contributed by atoms with van der Waals surface area (Å²) in [6.45, 7) is 3.61. The summed E-state index contributed by atoms with van der Waals surface area (Å²) in [6, 6.07) is 5.09. The second-order valence-electron chi connectivity index (χ2n) is 5.49. The lowest BCUT2D eigenvalue weighted by Crippen LogP contribution is -2.23. The van der Waals surface area contributed by atoms with Crippen LogP contribution >= 0.6 is 11.8 Å². The monoisotopic (exact) mass is 406 g/mol. The molecular weight excluding hydrogens is 384 g/mol. The Morgan fingerprint density at radius 3 is 2.64 bits per heavy atom. The predicted octanol–water partition coefficient (Wildman–Crippen LogP) is 2.37. The molecular formula is C18H22N4O5S. The zero-order chi connectivity index (χ0) is 20.7. The van der Waals surface area contributed by atoms with Gasteiger partial charge < -0.3 is 25.3 Å². The van der Waals surface area contributed by atoms with Crippen molar-refractivity contribution < 1.29 is 23.8 Å². The maximum absolute atomic E-state index is 12.5. The number of benzene rings is 1. The Hall–Kier alpha value is -3.01. The highest BCUT2D eigenvalue weighted by Gasteiger charge is 2.20. The molecule has 1 atom stereocenters. The first-order valence-corrected chi connectivity index (χ1v) is 9.26. The molecule has 150 valence electrons. The average molecular weight is 406 g/mol. The number of thioether (sulfide) groups is 1. The van der Waals surface area contributed by atoms with Crippen LogP contribution in [-0.2, 0) is 9.53 Å². The van der Waals surface area contributed by atoms with Crippen LogP contribution in [0.3, 0.4) is 0 Å². The van der Waals surface area contributed by atoms with E-state index >= 15 is 0 Å². The number of nitrogens with two attached hydrogens (primary N) is 1. The SMILES string of the molecule is CCOC(=O)c1cnc(S[C@H](C)C(=O)Nc2cc(OC)ccc2OC)nc1N. The van der Waals surface area contributed by atoms with E-state index in [2.05, 4.69) is 15.3 Å². The Balaban J connectivity index is 2.08. The summed E-state index contributed by atoms with van der Waals surface area (Å²) in [4.78, 5) is 32.4. The molecule has 9 nitrogen and oxygen atoms in total. The van der Waals surface area contributed by atoms with Gasteiger partial charge in [-0.1, -0.05) is 11.8 Å². The van der Waals surface area contributed by atoms with Crippen molar-refractivity contribution in [3.63, 3.8) is 0 Å². The van der Waals surface area contributed by atoms with E-state index in [1.807, 2.05) is 0 Å². The second kappa shape index (κ2) is 9.79. The van der Waals surface area contributed by atoms with Crippen molar-refractivity contribution >= 4 is 35.1 Å². The maximum Gasteiger partial charge on any atom is 0.343 e. The first-order chi connectivity index (χ1) is 13.4. The van der Waals surface area contributed by atoms with Gasteiger partial charge in [0.05, 0.1) is 31.8 Å². The average Bonchev–Trinajstić information content (AvgIpc) is 2.68. The molecule has 0 saturated carbocycles. The summed E-state index contributed by atoms with van der Waals surface area (Å²) in [5.41, 5.74) is 6.37. The van der Waals surface area contributed by atoms with Crippen molar-refractivity contribution in [1.29, 1.82) is 0 Å². The minimum absolute atomic E-state index is 0.00183. The highest BCUT2D eigenvalue weighted by Crippen LogP contribution is 2.30. The highest BCUT2D eigenvalue weighted by atomic mass is 32.2. The summed E-state index contributed by atoms with van der Waals surface area (Å²) < 4.78 is 15.3. The fourth-order valence-electron chi connectivity index (χ4n) is 2.16. The third-order valence-electron chi connectivity index (χ3n) is 3.61. The van der Waals surface area contributed by atoms with E-state index < -0.39 is 11.2 Å².